The molecule has 0 aromatic carbocycles. The second-order valence-electron chi connectivity index (χ2n) is 5.73. The Morgan fingerprint density at radius 1 is 1.21 bits per heavy atom. The van der Waals surface area contributed by atoms with Crippen molar-refractivity contribution in [3.05, 3.63) is 0 Å². The van der Waals surface area contributed by atoms with Crippen LogP contribution in [0, 0.1) is 11.8 Å². The Labute approximate surface area is 114 Å². The highest BCUT2D eigenvalue weighted by molar-refractivity contribution is 5.80. The Balaban J connectivity index is 2.28. The molecule has 2 N–H and O–H groups in total. The second kappa shape index (κ2) is 7.48. The molecule has 1 rings (SSSR count). The van der Waals surface area contributed by atoms with Crippen LogP contribution in [0.3, 0.4) is 0 Å². The molecule has 0 radical (unpaired) electrons. The summed E-state index contributed by atoms with van der Waals surface area (Å²) in [5.74, 6) is -0.637. The number of carboxylic acids is 1. The van der Waals surface area contributed by atoms with E-state index in [0.717, 1.165) is 12.8 Å². The quantitative estimate of drug-likeness (QED) is 0.772. The van der Waals surface area contributed by atoms with Crippen molar-refractivity contribution in [2.24, 2.45) is 11.8 Å². The minimum Gasteiger partial charge on any atom is -0.481 e. The van der Waals surface area contributed by atoms with Crippen LogP contribution in [0.5, 0.6) is 0 Å². The van der Waals surface area contributed by atoms with Gasteiger partial charge >= 0.3 is 5.97 Å². The van der Waals surface area contributed by atoms with Crippen LogP contribution < -0.4 is 5.32 Å². The highest BCUT2D eigenvalue weighted by Crippen LogP contribution is 2.27. The summed E-state index contributed by atoms with van der Waals surface area (Å²) in [6, 6.07) is 0. The molecular weight excluding hydrogens is 246 g/mol. The highest BCUT2D eigenvalue weighted by Gasteiger charge is 2.28. The molecule has 1 saturated carbocycles. The van der Waals surface area contributed by atoms with Gasteiger partial charge in [0.1, 0.15) is 6.10 Å². The predicted octanol–water partition coefficient (Wildman–Crippen LogP) is 1.81. The molecule has 1 atom stereocenters. The lowest BCUT2D eigenvalue weighted by Gasteiger charge is -2.28. The number of ether oxygens (including phenoxy) is 1. The molecule has 0 bridgehead atoms. The summed E-state index contributed by atoms with van der Waals surface area (Å²) < 4.78 is 5.71. The van der Waals surface area contributed by atoms with Crippen molar-refractivity contribution in [1.29, 1.82) is 0 Å². The van der Waals surface area contributed by atoms with Gasteiger partial charge in [-0.2, -0.15) is 0 Å². The molecule has 0 heterocycles. The zero-order chi connectivity index (χ0) is 14.4. The maximum atomic E-state index is 11.8. The second-order valence-corrected chi connectivity index (χ2v) is 5.73. The summed E-state index contributed by atoms with van der Waals surface area (Å²) in [5, 5.41) is 11.8. The fourth-order valence-electron chi connectivity index (χ4n) is 2.24. The monoisotopic (exact) mass is 271 g/mol. The van der Waals surface area contributed by atoms with Gasteiger partial charge in [0.05, 0.1) is 12.0 Å². The number of amides is 1. The van der Waals surface area contributed by atoms with E-state index in [4.69, 9.17) is 9.84 Å². The van der Waals surface area contributed by atoms with E-state index < -0.39 is 12.1 Å². The number of carbonyl (C=O) groups is 2. The first-order valence-corrected chi connectivity index (χ1v) is 7.06. The van der Waals surface area contributed by atoms with Crippen LogP contribution in [-0.4, -0.2) is 35.7 Å². The first-order chi connectivity index (χ1) is 8.90. The van der Waals surface area contributed by atoms with Crippen molar-refractivity contribution < 1.29 is 19.4 Å². The van der Waals surface area contributed by atoms with E-state index >= 15 is 0 Å². The third kappa shape index (κ3) is 5.59. The van der Waals surface area contributed by atoms with Crippen LogP contribution in [0.15, 0.2) is 0 Å². The number of aliphatic carboxylic acids is 1. The maximum Gasteiger partial charge on any atom is 0.306 e. The van der Waals surface area contributed by atoms with Gasteiger partial charge in [0.15, 0.2) is 0 Å². The molecular formula is C14H25NO4. The first-order valence-electron chi connectivity index (χ1n) is 7.06. The van der Waals surface area contributed by atoms with Crippen molar-refractivity contribution in [3.8, 4) is 0 Å². The smallest absolute Gasteiger partial charge is 0.306 e. The largest absolute Gasteiger partial charge is 0.481 e. The van der Waals surface area contributed by atoms with E-state index in [0.29, 0.717) is 25.3 Å². The molecule has 1 fully saturated rings. The predicted molar refractivity (Wildman–Crippen MR) is 71.8 cm³/mol. The van der Waals surface area contributed by atoms with Crippen LogP contribution >= 0.6 is 0 Å². The highest BCUT2D eigenvalue weighted by atomic mass is 16.5. The SMILES string of the molecule is CC(C)CNC(=O)C(C)OC1CCC(C(=O)O)CC1. The lowest BCUT2D eigenvalue weighted by molar-refractivity contribution is -0.146. The third-order valence-electron chi connectivity index (χ3n) is 3.47. The number of carbonyl (C=O) groups excluding carboxylic acids is 1. The zero-order valence-corrected chi connectivity index (χ0v) is 12.0. The average Bonchev–Trinajstić information content (AvgIpc) is 2.36. The minimum absolute atomic E-state index is 0.00963. The molecule has 110 valence electrons. The number of hydrogen-bond donors (Lipinski definition) is 2. The van der Waals surface area contributed by atoms with E-state index in [9.17, 15) is 9.59 Å². The molecule has 1 amide bonds. The van der Waals surface area contributed by atoms with Crippen LogP contribution in [0.25, 0.3) is 0 Å². The van der Waals surface area contributed by atoms with Crippen LogP contribution in [0.1, 0.15) is 46.5 Å². The van der Waals surface area contributed by atoms with Crippen LogP contribution in [-0.2, 0) is 14.3 Å². The molecule has 1 aliphatic carbocycles. The number of carboxylic acid groups (broad SMARTS) is 1. The van der Waals surface area contributed by atoms with Crippen LogP contribution in [0.4, 0.5) is 0 Å². The first kappa shape index (κ1) is 16.0. The summed E-state index contributed by atoms with van der Waals surface area (Å²) in [7, 11) is 0. The van der Waals surface area contributed by atoms with Crippen molar-refractivity contribution in [3.63, 3.8) is 0 Å². The van der Waals surface area contributed by atoms with Crippen LogP contribution in [0.2, 0.25) is 0 Å². The maximum absolute atomic E-state index is 11.8. The molecule has 19 heavy (non-hydrogen) atoms. The van der Waals surface area contributed by atoms with Gasteiger partial charge in [-0.05, 0) is 38.5 Å². The van der Waals surface area contributed by atoms with E-state index in [1.165, 1.54) is 0 Å². The number of nitrogens with one attached hydrogen (secondary N) is 1. The molecule has 1 aliphatic rings. The molecule has 0 saturated heterocycles. The number of rotatable bonds is 6. The van der Waals surface area contributed by atoms with Gasteiger partial charge in [0, 0.05) is 6.54 Å². The fraction of sp³-hybridized carbons (Fsp3) is 0.857. The lowest BCUT2D eigenvalue weighted by atomic mass is 9.87. The summed E-state index contributed by atoms with van der Waals surface area (Å²) in [4.78, 5) is 22.6. The fourth-order valence-corrected chi connectivity index (χ4v) is 2.24. The summed E-state index contributed by atoms with van der Waals surface area (Å²) in [5.41, 5.74) is 0. The summed E-state index contributed by atoms with van der Waals surface area (Å²) in [6.45, 7) is 6.48. The Bertz CT molecular complexity index is 309. The van der Waals surface area contributed by atoms with Gasteiger partial charge < -0.3 is 15.2 Å². The Morgan fingerprint density at radius 3 is 2.26 bits per heavy atom. The van der Waals surface area contributed by atoms with Gasteiger partial charge in [-0.25, -0.2) is 0 Å². The van der Waals surface area contributed by atoms with E-state index in [1.54, 1.807) is 6.92 Å². The zero-order valence-electron chi connectivity index (χ0n) is 12.0. The molecule has 0 aliphatic heterocycles. The molecule has 5 heteroatoms. The standard InChI is InChI=1S/C14H25NO4/c1-9(2)8-15-13(16)10(3)19-12-6-4-11(5-7-12)14(17)18/h9-12H,4-8H2,1-3H3,(H,15,16)(H,17,18). The van der Waals surface area contributed by atoms with Gasteiger partial charge in [-0.3, -0.25) is 9.59 Å². The summed E-state index contributed by atoms with van der Waals surface area (Å²) >= 11 is 0. The van der Waals surface area contributed by atoms with Gasteiger partial charge in [0.25, 0.3) is 0 Å². The molecule has 0 aromatic rings. The Morgan fingerprint density at radius 2 is 1.79 bits per heavy atom. The Kier molecular flexibility index (Phi) is 6.28. The molecule has 1 unspecified atom stereocenters. The van der Waals surface area contributed by atoms with Crippen molar-refractivity contribution in [2.45, 2.75) is 58.7 Å². The van der Waals surface area contributed by atoms with E-state index in [1.807, 2.05) is 13.8 Å². The molecule has 0 spiro atoms. The molecule has 0 aromatic heterocycles. The minimum atomic E-state index is -0.721. The van der Waals surface area contributed by atoms with E-state index in [2.05, 4.69) is 5.32 Å². The topological polar surface area (TPSA) is 75.6 Å². The van der Waals surface area contributed by atoms with Gasteiger partial charge in [-0.15, -0.1) is 0 Å². The average molecular weight is 271 g/mol. The van der Waals surface area contributed by atoms with Crippen molar-refractivity contribution in [1.82, 2.24) is 5.32 Å². The normalized spacial score (nSPS) is 25.1. The van der Waals surface area contributed by atoms with Gasteiger partial charge in [0.2, 0.25) is 5.91 Å². The summed E-state index contributed by atoms with van der Waals surface area (Å²) in [6.07, 6.45) is 2.26. The van der Waals surface area contributed by atoms with Crippen molar-refractivity contribution in [2.75, 3.05) is 6.54 Å². The Hall–Kier alpha value is -1.10. The third-order valence-corrected chi connectivity index (χ3v) is 3.47. The lowest BCUT2D eigenvalue weighted by Crippen LogP contribution is -2.39. The van der Waals surface area contributed by atoms with Crippen molar-refractivity contribution >= 4 is 11.9 Å². The molecule has 5 nitrogen and oxygen atoms in total. The number of hydrogen-bond acceptors (Lipinski definition) is 3. The van der Waals surface area contributed by atoms with E-state index in [-0.39, 0.29) is 17.9 Å². The van der Waals surface area contributed by atoms with Gasteiger partial charge in [-0.1, -0.05) is 13.8 Å².